The van der Waals surface area contributed by atoms with E-state index in [1.54, 1.807) is 12.1 Å². The van der Waals surface area contributed by atoms with Crippen molar-refractivity contribution in [1.29, 1.82) is 0 Å². The molecule has 1 fully saturated rings. The minimum Gasteiger partial charge on any atom is -0.506 e. The summed E-state index contributed by atoms with van der Waals surface area (Å²) < 4.78 is 0. The van der Waals surface area contributed by atoms with E-state index in [-0.39, 0.29) is 17.2 Å². The van der Waals surface area contributed by atoms with Gasteiger partial charge in [0.05, 0.1) is 10.4 Å². The summed E-state index contributed by atoms with van der Waals surface area (Å²) in [7, 11) is 0. The highest BCUT2D eigenvalue weighted by Gasteiger charge is 2.44. The van der Waals surface area contributed by atoms with Crippen molar-refractivity contribution in [2.75, 3.05) is 13.1 Å². The second kappa shape index (κ2) is 10.4. The number of likely N-dealkylation sites (tertiary alicyclic amines) is 1. The number of primary amides is 1. The van der Waals surface area contributed by atoms with Gasteiger partial charge in [0.25, 0.3) is 0 Å². The molecule has 3 aromatic rings. The number of phenolic OH excluding ortho intramolecular Hbond substituents is 1. The molecule has 184 valence electrons. The van der Waals surface area contributed by atoms with Gasteiger partial charge in [-0.05, 0) is 55.5 Å². The van der Waals surface area contributed by atoms with Crippen molar-refractivity contribution in [3.05, 3.63) is 101 Å². The van der Waals surface area contributed by atoms with E-state index < -0.39 is 5.41 Å². The Bertz CT molecular complexity index is 1110. The Hall–Kier alpha value is -2.86. The third-order valence-electron chi connectivity index (χ3n) is 7.41. The minimum absolute atomic E-state index is 0.0962. The lowest BCUT2D eigenvalue weighted by Gasteiger charge is -2.50. The molecule has 1 aliphatic rings. The Balaban J connectivity index is 1.42. The number of rotatable bonds is 10. The highest BCUT2D eigenvalue weighted by Crippen LogP contribution is 2.40. The van der Waals surface area contributed by atoms with Gasteiger partial charge >= 0.3 is 0 Å². The summed E-state index contributed by atoms with van der Waals surface area (Å²) in [5, 5.41) is 13.7. The average molecular weight is 492 g/mol. The van der Waals surface area contributed by atoms with Crippen molar-refractivity contribution in [3.63, 3.8) is 0 Å². The Kier molecular flexibility index (Phi) is 7.50. The topological polar surface area (TPSA) is 78.6 Å². The van der Waals surface area contributed by atoms with Gasteiger partial charge in [-0.3, -0.25) is 9.69 Å². The fraction of sp³-hybridized carbons (Fsp3) is 0.345. The summed E-state index contributed by atoms with van der Waals surface area (Å²) in [6.45, 7) is 7.00. The molecule has 4 rings (SSSR count). The molecule has 0 unspecified atom stereocenters. The van der Waals surface area contributed by atoms with Crippen molar-refractivity contribution >= 4 is 17.5 Å². The molecule has 0 radical (unpaired) electrons. The van der Waals surface area contributed by atoms with Crippen molar-refractivity contribution in [2.45, 2.75) is 50.2 Å². The zero-order chi connectivity index (χ0) is 25.1. The Morgan fingerprint density at radius 2 is 1.57 bits per heavy atom. The van der Waals surface area contributed by atoms with Gasteiger partial charge in [-0.15, -0.1) is 0 Å². The van der Waals surface area contributed by atoms with Crippen LogP contribution in [0.5, 0.6) is 5.75 Å². The van der Waals surface area contributed by atoms with Crippen molar-refractivity contribution in [1.82, 2.24) is 10.2 Å². The maximum absolute atomic E-state index is 13.1. The molecule has 0 spiro atoms. The Morgan fingerprint density at radius 3 is 2.09 bits per heavy atom. The Labute approximate surface area is 212 Å². The minimum atomic E-state index is -0.876. The molecule has 1 heterocycles. The first kappa shape index (κ1) is 25.2. The normalized spacial score (nSPS) is 15.1. The molecule has 0 atom stereocenters. The van der Waals surface area contributed by atoms with Crippen LogP contribution in [0.25, 0.3) is 0 Å². The van der Waals surface area contributed by atoms with Crippen LogP contribution in [0.4, 0.5) is 0 Å². The number of hydrogen-bond donors (Lipinski definition) is 3. The lowest BCUT2D eigenvalue weighted by molar-refractivity contribution is -0.122. The number of phenols is 1. The number of halogens is 1. The van der Waals surface area contributed by atoms with Crippen LogP contribution in [-0.2, 0) is 16.8 Å². The molecule has 0 aliphatic carbocycles. The molecule has 1 aliphatic heterocycles. The van der Waals surface area contributed by atoms with Crippen LogP contribution >= 0.6 is 11.6 Å². The molecule has 0 saturated carbocycles. The van der Waals surface area contributed by atoms with Crippen LogP contribution in [0.15, 0.2) is 78.9 Å². The zero-order valence-corrected chi connectivity index (χ0v) is 21.1. The summed E-state index contributed by atoms with van der Waals surface area (Å²) in [4.78, 5) is 15.5. The summed E-state index contributed by atoms with van der Waals surface area (Å²) in [6, 6.07) is 25.5. The lowest BCUT2D eigenvalue weighted by Crippen LogP contribution is -2.64. The number of benzene rings is 3. The highest BCUT2D eigenvalue weighted by atomic mass is 35.5. The predicted octanol–water partition coefficient (Wildman–Crippen LogP) is 4.85. The number of carbonyl (C=O) groups is 1. The molecule has 0 bridgehead atoms. The van der Waals surface area contributed by atoms with Gasteiger partial charge in [0, 0.05) is 31.2 Å². The average Bonchev–Trinajstić information content (AvgIpc) is 2.82. The van der Waals surface area contributed by atoms with E-state index >= 15 is 0 Å². The lowest BCUT2D eigenvalue weighted by atomic mass is 9.69. The molecular formula is C29H34ClN3O2. The first-order valence-corrected chi connectivity index (χ1v) is 12.5. The number of amides is 1. The molecule has 0 aromatic heterocycles. The number of carbonyl (C=O) groups excluding carboxylic acids is 1. The fourth-order valence-corrected chi connectivity index (χ4v) is 5.11. The van der Waals surface area contributed by atoms with Gasteiger partial charge in [-0.2, -0.15) is 0 Å². The highest BCUT2D eigenvalue weighted by molar-refractivity contribution is 6.32. The number of hydrogen-bond acceptors (Lipinski definition) is 4. The summed E-state index contributed by atoms with van der Waals surface area (Å²) in [5.74, 6) is -0.211. The second-order valence-electron chi connectivity index (χ2n) is 10.1. The zero-order valence-electron chi connectivity index (χ0n) is 20.4. The summed E-state index contributed by atoms with van der Waals surface area (Å²) in [5.41, 5.74) is 8.03. The number of nitrogens with zero attached hydrogens (tertiary/aromatic N) is 1. The first-order chi connectivity index (χ1) is 16.7. The van der Waals surface area contributed by atoms with Gasteiger partial charge in [0.15, 0.2) is 0 Å². The van der Waals surface area contributed by atoms with E-state index in [1.165, 1.54) is 0 Å². The first-order valence-electron chi connectivity index (χ1n) is 12.1. The summed E-state index contributed by atoms with van der Waals surface area (Å²) in [6.07, 6.45) is 1.44. The van der Waals surface area contributed by atoms with Gasteiger partial charge in [-0.25, -0.2) is 0 Å². The van der Waals surface area contributed by atoms with Crippen LogP contribution in [0, 0.1) is 0 Å². The van der Waals surface area contributed by atoms with Gasteiger partial charge in [0.2, 0.25) is 5.91 Å². The SMILES string of the molecule is CC(C)(CCC(C(N)=O)(c1ccccc1)c1ccccc1)N1CC(NCc2ccc(Cl)c(O)c2)C1. The Morgan fingerprint density at radius 1 is 1.00 bits per heavy atom. The smallest absolute Gasteiger partial charge is 0.232 e. The van der Waals surface area contributed by atoms with Crippen molar-refractivity contribution in [2.24, 2.45) is 5.73 Å². The van der Waals surface area contributed by atoms with E-state index in [9.17, 15) is 9.90 Å². The molecule has 3 aromatic carbocycles. The van der Waals surface area contributed by atoms with Crippen molar-refractivity contribution < 1.29 is 9.90 Å². The maximum Gasteiger partial charge on any atom is 0.232 e. The monoisotopic (exact) mass is 491 g/mol. The molecule has 1 saturated heterocycles. The second-order valence-corrected chi connectivity index (χ2v) is 10.5. The standard InChI is InChI=1S/C29H34ClN3O2/c1-28(2,33-19-24(20-33)32-18-21-13-14-25(30)26(34)17-21)15-16-29(27(31)35,22-9-5-3-6-10-22)23-11-7-4-8-12-23/h3-14,17,24,32,34H,15-16,18-20H2,1-2H3,(H2,31,35). The molecule has 4 N–H and O–H groups in total. The van der Waals surface area contributed by atoms with Crippen LogP contribution in [0.1, 0.15) is 43.4 Å². The van der Waals surface area contributed by atoms with E-state index in [1.807, 2.05) is 66.7 Å². The van der Waals surface area contributed by atoms with Crippen LogP contribution in [0.2, 0.25) is 5.02 Å². The van der Waals surface area contributed by atoms with Gasteiger partial charge in [0.1, 0.15) is 5.75 Å². The van der Waals surface area contributed by atoms with Crippen LogP contribution < -0.4 is 11.1 Å². The maximum atomic E-state index is 13.1. The van der Waals surface area contributed by atoms with Gasteiger partial charge < -0.3 is 16.2 Å². The molecule has 35 heavy (non-hydrogen) atoms. The third kappa shape index (κ3) is 5.37. The number of aromatic hydroxyl groups is 1. The van der Waals surface area contributed by atoms with E-state index in [4.69, 9.17) is 17.3 Å². The molecule has 1 amide bonds. The molecule has 5 nitrogen and oxygen atoms in total. The van der Waals surface area contributed by atoms with E-state index in [0.29, 0.717) is 24.0 Å². The van der Waals surface area contributed by atoms with Gasteiger partial charge in [-0.1, -0.05) is 78.3 Å². The fourth-order valence-electron chi connectivity index (χ4n) is 4.99. The van der Waals surface area contributed by atoms with E-state index in [2.05, 4.69) is 24.1 Å². The van der Waals surface area contributed by atoms with Crippen molar-refractivity contribution in [3.8, 4) is 5.75 Å². The third-order valence-corrected chi connectivity index (χ3v) is 7.73. The largest absolute Gasteiger partial charge is 0.506 e. The quantitative estimate of drug-likeness (QED) is 0.379. The molecule has 6 heteroatoms. The summed E-state index contributed by atoms with van der Waals surface area (Å²) >= 11 is 5.90. The van der Waals surface area contributed by atoms with E-state index in [0.717, 1.165) is 36.2 Å². The number of nitrogens with one attached hydrogen (secondary N) is 1. The number of nitrogens with two attached hydrogens (primary N) is 1. The van der Waals surface area contributed by atoms with Crippen LogP contribution in [0.3, 0.4) is 0 Å². The predicted molar refractivity (Wildman–Crippen MR) is 141 cm³/mol. The van der Waals surface area contributed by atoms with Crippen LogP contribution in [-0.4, -0.2) is 40.6 Å². The molecular weight excluding hydrogens is 458 g/mol.